The zero-order valence-electron chi connectivity index (χ0n) is 11.8. The predicted octanol–water partition coefficient (Wildman–Crippen LogP) is 1.79. The van der Waals surface area contributed by atoms with Gasteiger partial charge in [0.25, 0.3) is 0 Å². The van der Waals surface area contributed by atoms with Crippen LogP contribution in [0.2, 0.25) is 0 Å². The quantitative estimate of drug-likeness (QED) is 0.893. The van der Waals surface area contributed by atoms with Gasteiger partial charge in [0.05, 0.1) is 0 Å². The smallest absolute Gasteiger partial charge is 0.243 e. The average Bonchev–Trinajstić information content (AvgIpc) is 2.77. The first-order valence-corrected chi connectivity index (χ1v) is 6.91. The molecule has 2 atom stereocenters. The molecule has 0 spiro atoms. The number of fused-ring (bicyclic) bond motifs is 1. The molecule has 1 aliphatic rings. The first-order chi connectivity index (χ1) is 9.13. The van der Waals surface area contributed by atoms with Gasteiger partial charge in [-0.1, -0.05) is 13.0 Å². The summed E-state index contributed by atoms with van der Waals surface area (Å²) in [6.45, 7) is 6.59. The predicted molar refractivity (Wildman–Crippen MR) is 76.4 cm³/mol. The fourth-order valence-corrected chi connectivity index (χ4v) is 2.83. The van der Waals surface area contributed by atoms with Gasteiger partial charge in [0, 0.05) is 18.3 Å². The molecule has 0 amide bonds. The molecule has 1 N–H and O–H groups in total. The summed E-state index contributed by atoms with van der Waals surface area (Å²) in [5, 5.41) is 8.04. The maximum atomic E-state index is 4.55. The summed E-state index contributed by atoms with van der Waals surface area (Å²) >= 11 is 0. The van der Waals surface area contributed by atoms with Crippen molar-refractivity contribution in [3.05, 3.63) is 23.9 Å². The lowest BCUT2D eigenvalue weighted by Crippen LogP contribution is -2.43. The first kappa shape index (κ1) is 12.4. The lowest BCUT2D eigenvalue weighted by molar-refractivity contribution is 0.206. The highest BCUT2D eigenvalue weighted by molar-refractivity contribution is 5.44. The Kier molecular flexibility index (Phi) is 3.14. The van der Waals surface area contributed by atoms with Gasteiger partial charge < -0.3 is 10.2 Å². The van der Waals surface area contributed by atoms with Gasteiger partial charge in [0.15, 0.2) is 5.65 Å². The zero-order chi connectivity index (χ0) is 13.4. The molecule has 5 nitrogen and oxygen atoms in total. The minimum absolute atomic E-state index is 0.467. The molecule has 1 aliphatic heterocycles. The molecule has 1 fully saturated rings. The molecule has 2 unspecified atom stereocenters. The number of likely N-dealkylation sites (tertiary alicyclic amines) is 1. The molecule has 1 saturated heterocycles. The normalized spacial score (nSPS) is 24.8. The van der Waals surface area contributed by atoms with Crippen LogP contribution in [-0.4, -0.2) is 45.7 Å². The Morgan fingerprint density at radius 1 is 1.37 bits per heavy atom. The highest BCUT2D eigenvalue weighted by atomic mass is 15.4. The van der Waals surface area contributed by atoms with Crippen molar-refractivity contribution in [1.82, 2.24) is 19.5 Å². The lowest BCUT2D eigenvalue weighted by Gasteiger charge is -2.34. The molecule has 0 aromatic carbocycles. The van der Waals surface area contributed by atoms with E-state index in [4.69, 9.17) is 0 Å². The summed E-state index contributed by atoms with van der Waals surface area (Å²) < 4.78 is 1.89. The Balaban J connectivity index is 1.80. The van der Waals surface area contributed by atoms with E-state index in [9.17, 15) is 0 Å². The number of pyridine rings is 1. The lowest BCUT2D eigenvalue weighted by atomic mass is 9.94. The third-order valence-corrected chi connectivity index (χ3v) is 3.97. The van der Waals surface area contributed by atoms with Gasteiger partial charge in [-0.15, -0.1) is 5.10 Å². The Labute approximate surface area is 113 Å². The van der Waals surface area contributed by atoms with Crippen molar-refractivity contribution in [2.75, 3.05) is 25.5 Å². The molecule has 5 heteroatoms. The van der Waals surface area contributed by atoms with Crippen molar-refractivity contribution in [3.8, 4) is 0 Å². The second kappa shape index (κ2) is 4.81. The van der Waals surface area contributed by atoms with Crippen LogP contribution in [0.4, 0.5) is 5.95 Å². The molecule has 3 heterocycles. The van der Waals surface area contributed by atoms with E-state index in [-0.39, 0.29) is 0 Å². The summed E-state index contributed by atoms with van der Waals surface area (Å²) in [4.78, 5) is 6.93. The van der Waals surface area contributed by atoms with Gasteiger partial charge in [-0.3, -0.25) is 0 Å². The topological polar surface area (TPSA) is 45.5 Å². The molecule has 3 rings (SSSR count). The number of anilines is 1. The van der Waals surface area contributed by atoms with Gasteiger partial charge in [0.2, 0.25) is 5.95 Å². The Morgan fingerprint density at radius 3 is 2.95 bits per heavy atom. The van der Waals surface area contributed by atoms with E-state index in [1.165, 1.54) is 0 Å². The van der Waals surface area contributed by atoms with E-state index < -0.39 is 0 Å². The molecule has 0 aliphatic carbocycles. The molecule has 0 bridgehead atoms. The molecule has 19 heavy (non-hydrogen) atoms. The van der Waals surface area contributed by atoms with Crippen molar-refractivity contribution in [2.24, 2.45) is 5.92 Å². The summed E-state index contributed by atoms with van der Waals surface area (Å²) in [5.74, 6) is 1.36. The first-order valence-electron chi connectivity index (χ1n) is 6.91. The Morgan fingerprint density at radius 2 is 2.21 bits per heavy atom. The fraction of sp³-hybridized carbons (Fsp3) is 0.571. The standard InChI is InChI=1S/C14H21N5/c1-10-9-18(3)8-7-12(10)15-14-16-13-6-4-5-11(2)19(13)17-14/h4-6,10,12H,7-9H2,1-3H3,(H,15,17). The van der Waals surface area contributed by atoms with Crippen molar-refractivity contribution in [1.29, 1.82) is 0 Å². The Bertz CT molecular complexity index is 576. The number of nitrogens with one attached hydrogen (secondary N) is 1. The summed E-state index contributed by atoms with van der Waals surface area (Å²) in [5.41, 5.74) is 2.01. The average molecular weight is 259 g/mol. The summed E-state index contributed by atoms with van der Waals surface area (Å²) in [6.07, 6.45) is 1.15. The van der Waals surface area contributed by atoms with E-state index in [1.54, 1.807) is 0 Å². The van der Waals surface area contributed by atoms with Gasteiger partial charge in [0.1, 0.15) is 0 Å². The van der Waals surface area contributed by atoms with Crippen LogP contribution in [0.5, 0.6) is 0 Å². The van der Waals surface area contributed by atoms with Gasteiger partial charge >= 0.3 is 0 Å². The van der Waals surface area contributed by atoms with Crippen LogP contribution in [0.1, 0.15) is 19.0 Å². The second-order valence-electron chi connectivity index (χ2n) is 5.65. The van der Waals surface area contributed by atoms with Gasteiger partial charge in [-0.2, -0.15) is 4.98 Å². The molecule has 0 radical (unpaired) electrons. The monoisotopic (exact) mass is 259 g/mol. The van der Waals surface area contributed by atoms with Crippen molar-refractivity contribution in [3.63, 3.8) is 0 Å². The summed E-state index contributed by atoms with van der Waals surface area (Å²) in [7, 11) is 2.18. The number of nitrogens with zero attached hydrogens (tertiary/aromatic N) is 4. The molecule has 2 aromatic rings. The largest absolute Gasteiger partial charge is 0.350 e. The highest BCUT2D eigenvalue weighted by Crippen LogP contribution is 2.19. The van der Waals surface area contributed by atoms with E-state index in [0.29, 0.717) is 12.0 Å². The minimum atomic E-state index is 0.467. The SMILES string of the molecule is Cc1cccc2nc(NC3CCN(C)CC3C)nn12. The van der Waals surface area contributed by atoms with E-state index in [0.717, 1.165) is 36.8 Å². The second-order valence-corrected chi connectivity index (χ2v) is 5.65. The van der Waals surface area contributed by atoms with Crippen LogP contribution >= 0.6 is 0 Å². The number of aryl methyl sites for hydroxylation is 1. The van der Waals surface area contributed by atoms with Gasteiger partial charge in [-0.25, -0.2) is 4.52 Å². The van der Waals surface area contributed by atoms with E-state index in [2.05, 4.69) is 34.3 Å². The Hall–Kier alpha value is -1.62. The molecule has 0 saturated carbocycles. The van der Waals surface area contributed by atoms with Crippen LogP contribution in [0.25, 0.3) is 5.65 Å². The third kappa shape index (κ3) is 2.42. The fourth-order valence-electron chi connectivity index (χ4n) is 2.83. The number of hydrogen-bond donors (Lipinski definition) is 1. The molecular formula is C14H21N5. The van der Waals surface area contributed by atoms with Crippen LogP contribution in [0, 0.1) is 12.8 Å². The minimum Gasteiger partial charge on any atom is -0.350 e. The zero-order valence-corrected chi connectivity index (χ0v) is 11.8. The van der Waals surface area contributed by atoms with Crippen molar-refractivity contribution >= 4 is 11.6 Å². The van der Waals surface area contributed by atoms with E-state index >= 15 is 0 Å². The van der Waals surface area contributed by atoms with Crippen LogP contribution in [-0.2, 0) is 0 Å². The number of aromatic nitrogens is 3. The van der Waals surface area contributed by atoms with Crippen LogP contribution < -0.4 is 5.32 Å². The summed E-state index contributed by atoms with van der Waals surface area (Å²) in [6, 6.07) is 6.52. The van der Waals surface area contributed by atoms with Crippen molar-refractivity contribution < 1.29 is 0 Å². The number of hydrogen-bond acceptors (Lipinski definition) is 4. The van der Waals surface area contributed by atoms with Crippen LogP contribution in [0.15, 0.2) is 18.2 Å². The third-order valence-electron chi connectivity index (χ3n) is 3.97. The van der Waals surface area contributed by atoms with Gasteiger partial charge in [-0.05, 0) is 45.0 Å². The van der Waals surface area contributed by atoms with E-state index in [1.807, 2.05) is 29.6 Å². The maximum Gasteiger partial charge on any atom is 0.243 e. The molecular weight excluding hydrogens is 238 g/mol. The number of piperidine rings is 1. The molecule has 102 valence electrons. The number of rotatable bonds is 2. The maximum absolute atomic E-state index is 4.55. The van der Waals surface area contributed by atoms with Crippen molar-refractivity contribution in [2.45, 2.75) is 26.3 Å². The molecule has 2 aromatic heterocycles. The van der Waals surface area contributed by atoms with Crippen LogP contribution in [0.3, 0.4) is 0 Å². The highest BCUT2D eigenvalue weighted by Gasteiger charge is 2.25.